The molecule has 1 nitrogen and oxygen atoms in total. The van der Waals surface area contributed by atoms with Crippen molar-refractivity contribution in [1.82, 2.24) is 0 Å². The van der Waals surface area contributed by atoms with E-state index in [1.165, 1.54) is 6.42 Å². The maximum absolute atomic E-state index is 9.90. The molecule has 2 heteroatoms. The van der Waals surface area contributed by atoms with E-state index in [0.29, 0.717) is 12.3 Å². The SMILES string of the molecule is C[C@H](CCBr)CCC=O. The molecule has 0 unspecified atom stereocenters. The first kappa shape index (κ1) is 9.15. The minimum Gasteiger partial charge on any atom is -0.303 e. The van der Waals surface area contributed by atoms with E-state index >= 15 is 0 Å². The molecule has 0 bridgehead atoms. The lowest BCUT2D eigenvalue weighted by Crippen LogP contribution is -1.94. The minimum atomic E-state index is 0.689. The number of halogens is 1. The lowest BCUT2D eigenvalue weighted by molar-refractivity contribution is -0.108. The van der Waals surface area contributed by atoms with Crippen molar-refractivity contribution in [1.29, 1.82) is 0 Å². The highest BCUT2D eigenvalue weighted by molar-refractivity contribution is 9.09. The third-order valence-electron chi connectivity index (χ3n) is 1.38. The minimum absolute atomic E-state index is 0.689. The molecule has 54 valence electrons. The second kappa shape index (κ2) is 6.27. The van der Waals surface area contributed by atoms with Crippen LogP contribution in [0.15, 0.2) is 0 Å². The van der Waals surface area contributed by atoms with Gasteiger partial charge in [-0.05, 0) is 18.8 Å². The molecule has 0 aromatic carbocycles. The molecular formula is C7H13BrO. The summed E-state index contributed by atoms with van der Waals surface area (Å²) in [5, 5.41) is 1.05. The summed E-state index contributed by atoms with van der Waals surface area (Å²) in [5.41, 5.74) is 0. The highest BCUT2D eigenvalue weighted by Gasteiger charge is 1.98. The van der Waals surface area contributed by atoms with Crippen LogP contribution in [0.1, 0.15) is 26.2 Å². The Labute approximate surface area is 65.0 Å². The van der Waals surface area contributed by atoms with Gasteiger partial charge in [0.25, 0.3) is 0 Å². The molecule has 0 aliphatic carbocycles. The molecule has 0 heterocycles. The molecule has 0 fully saturated rings. The Hall–Kier alpha value is 0.150. The molecular weight excluding hydrogens is 180 g/mol. The lowest BCUT2D eigenvalue weighted by atomic mass is 10.0. The van der Waals surface area contributed by atoms with Crippen LogP contribution >= 0.6 is 15.9 Å². The van der Waals surface area contributed by atoms with Crippen molar-refractivity contribution in [3.63, 3.8) is 0 Å². The molecule has 0 saturated carbocycles. The normalized spacial score (nSPS) is 13.1. The Morgan fingerprint density at radius 2 is 2.22 bits per heavy atom. The van der Waals surface area contributed by atoms with Crippen molar-refractivity contribution in [2.75, 3.05) is 5.33 Å². The van der Waals surface area contributed by atoms with Gasteiger partial charge in [-0.15, -0.1) is 0 Å². The molecule has 0 aliphatic heterocycles. The quantitative estimate of drug-likeness (QED) is 0.484. The predicted octanol–water partition coefficient (Wildman–Crippen LogP) is 2.39. The van der Waals surface area contributed by atoms with Crippen LogP contribution in [-0.4, -0.2) is 11.6 Å². The van der Waals surface area contributed by atoms with Gasteiger partial charge < -0.3 is 4.79 Å². The van der Waals surface area contributed by atoms with Gasteiger partial charge in [-0.3, -0.25) is 0 Å². The highest BCUT2D eigenvalue weighted by Crippen LogP contribution is 2.09. The van der Waals surface area contributed by atoms with Crippen molar-refractivity contribution in [2.24, 2.45) is 5.92 Å². The zero-order chi connectivity index (χ0) is 7.11. The number of carbonyl (C=O) groups excluding carboxylic acids is 1. The van der Waals surface area contributed by atoms with Gasteiger partial charge >= 0.3 is 0 Å². The Morgan fingerprint density at radius 3 is 2.67 bits per heavy atom. The van der Waals surface area contributed by atoms with Crippen LogP contribution in [0.25, 0.3) is 0 Å². The Bertz CT molecular complexity index is 73.3. The molecule has 1 atom stereocenters. The molecule has 0 aliphatic rings. The van der Waals surface area contributed by atoms with Crippen LogP contribution in [0, 0.1) is 5.92 Å². The van der Waals surface area contributed by atoms with Crippen LogP contribution < -0.4 is 0 Å². The first-order valence-corrected chi connectivity index (χ1v) is 4.43. The predicted molar refractivity (Wildman–Crippen MR) is 42.9 cm³/mol. The lowest BCUT2D eigenvalue weighted by Gasteiger charge is -2.04. The fraction of sp³-hybridized carbons (Fsp3) is 0.857. The summed E-state index contributed by atoms with van der Waals surface area (Å²) in [4.78, 5) is 9.90. The second-order valence-electron chi connectivity index (χ2n) is 2.33. The molecule has 0 aromatic rings. The van der Waals surface area contributed by atoms with Gasteiger partial charge in [0, 0.05) is 11.8 Å². The van der Waals surface area contributed by atoms with E-state index in [1.54, 1.807) is 0 Å². The topological polar surface area (TPSA) is 17.1 Å². The maximum atomic E-state index is 9.90. The first-order chi connectivity index (χ1) is 4.31. The standard InChI is InChI=1S/C7H13BrO/c1-7(4-5-8)3-2-6-9/h6-7H,2-5H2,1H3/t7-/m0/s1. The number of hydrogen-bond acceptors (Lipinski definition) is 1. The van der Waals surface area contributed by atoms with Crippen molar-refractivity contribution in [2.45, 2.75) is 26.2 Å². The van der Waals surface area contributed by atoms with Crippen LogP contribution in [0.4, 0.5) is 0 Å². The van der Waals surface area contributed by atoms with E-state index in [2.05, 4.69) is 22.9 Å². The summed E-state index contributed by atoms with van der Waals surface area (Å²) in [5.74, 6) is 0.689. The van der Waals surface area contributed by atoms with Gasteiger partial charge in [-0.1, -0.05) is 22.9 Å². The van der Waals surface area contributed by atoms with E-state index in [0.717, 1.165) is 18.0 Å². The average molecular weight is 193 g/mol. The zero-order valence-electron chi connectivity index (χ0n) is 5.77. The molecule has 0 radical (unpaired) electrons. The monoisotopic (exact) mass is 192 g/mol. The molecule has 0 rings (SSSR count). The molecule has 0 N–H and O–H groups in total. The van der Waals surface area contributed by atoms with Gasteiger partial charge in [0.15, 0.2) is 0 Å². The smallest absolute Gasteiger partial charge is 0.120 e. The molecule has 9 heavy (non-hydrogen) atoms. The Balaban J connectivity index is 3.04. The third-order valence-corrected chi connectivity index (χ3v) is 1.84. The van der Waals surface area contributed by atoms with Gasteiger partial charge in [0.1, 0.15) is 6.29 Å². The number of aldehydes is 1. The number of rotatable bonds is 5. The van der Waals surface area contributed by atoms with E-state index in [9.17, 15) is 4.79 Å². The van der Waals surface area contributed by atoms with Gasteiger partial charge in [0.2, 0.25) is 0 Å². The molecule has 0 saturated heterocycles. The summed E-state index contributed by atoms with van der Waals surface area (Å²) in [7, 11) is 0. The molecule has 0 aromatic heterocycles. The summed E-state index contributed by atoms with van der Waals surface area (Å²) in [6.07, 6.45) is 3.92. The largest absolute Gasteiger partial charge is 0.303 e. The fourth-order valence-electron chi connectivity index (χ4n) is 0.683. The van der Waals surface area contributed by atoms with Crippen molar-refractivity contribution >= 4 is 22.2 Å². The van der Waals surface area contributed by atoms with Gasteiger partial charge in [0.05, 0.1) is 0 Å². The van der Waals surface area contributed by atoms with Crippen LogP contribution in [0.5, 0.6) is 0 Å². The second-order valence-corrected chi connectivity index (χ2v) is 3.12. The van der Waals surface area contributed by atoms with E-state index in [-0.39, 0.29) is 0 Å². The van der Waals surface area contributed by atoms with E-state index in [1.807, 2.05) is 0 Å². The number of alkyl halides is 1. The summed E-state index contributed by atoms with van der Waals surface area (Å²) in [6.45, 7) is 2.17. The molecule has 0 spiro atoms. The van der Waals surface area contributed by atoms with Crippen molar-refractivity contribution in [3.8, 4) is 0 Å². The van der Waals surface area contributed by atoms with Crippen molar-refractivity contribution in [3.05, 3.63) is 0 Å². The van der Waals surface area contributed by atoms with Crippen LogP contribution in [-0.2, 0) is 4.79 Å². The van der Waals surface area contributed by atoms with Crippen molar-refractivity contribution < 1.29 is 4.79 Å². The molecule has 0 amide bonds. The zero-order valence-corrected chi connectivity index (χ0v) is 7.36. The van der Waals surface area contributed by atoms with Crippen LogP contribution in [0.3, 0.4) is 0 Å². The maximum Gasteiger partial charge on any atom is 0.120 e. The Kier molecular flexibility index (Phi) is 6.38. The fourth-order valence-corrected chi connectivity index (χ4v) is 1.46. The van der Waals surface area contributed by atoms with Crippen LogP contribution in [0.2, 0.25) is 0 Å². The summed E-state index contributed by atoms with van der Waals surface area (Å²) >= 11 is 3.35. The summed E-state index contributed by atoms with van der Waals surface area (Å²) < 4.78 is 0. The third kappa shape index (κ3) is 6.03. The number of carbonyl (C=O) groups is 1. The Morgan fingerprint density at radius 1 is 1.56 bits per heavy atom. The first-order valence-electron chi connectivity index (χ1n) is 3.31. The highest BCUT2D eigenvalue weighted by atomic mass is 79.9. The van der Waals surface area contributed by atoms with Gasteiger partial charge in [-0.25, -0.2) is 0 Å². The average Bonchev–Trinajstić information content (AvgIpc) is 1.85. The van der Waals surface area contributed by atoms with E-state index in [4.69, 9.17) is 0 Å². The number of hydrogen-bond donors (Lipinski definition) is 0. The summed E-state index contributed by atoms with van der Waals surface area (Å²) in [6, 6.07) is 0. The van der Waals surface area contributed by atoms with Gasteiger partial charge in [-0.2, -0.15) is 0 Å². The van der Waals surface area contributed by atoms with E-state index < -0.39 is 0 Å².